The first-order valence-electron chi connectivity index (χ1n) is 11.5. The van der Waals surface area contributed by atoms with Gasteiger partial charge in [-0.2, -0.15) is 5.26 Å². The van der Waals surface area contributed by atoms with Gasteiger partial charge in [0, 0.05) is 13.5 Å². The van der Waals surface area contributed by atoms with Crippen LogP contribution in [0.15, 0.2) is 48.5 Å². The molecule has 0 heterocycles. The Bertz CT molecular complexity index is 844. The Morgan fingerprint density at radius 3 is 1.90 bits per heavy atom. The first-order chi connectivity index (χ1) is 15.0. The van der Waals surface area contributed by atoms with E-state index >= 15 is 0 Å². The highest BCUT2D eigenvalue weighted by Crippen LogP contribution is 2.55. The Morgan fingerprint density at radius 1 is 0.871 bits per heavy atom. The van der Waals surface area contributed by atoms with Crippen LogP contribution in [0, 0.1) is 11.3 Å². The fraction of sp³-hybridized carbons (Fsp3) is 0.519. The number of hydrogen-bond acceptors (Lipinski definition) is 2. The second-order valence-electron chi connectivity index (χ2n) is 8.76. The molecule has 0 atom stereocenters. The molecule has 2 aromatic carbocycles. The minimum Gasteiger partial charge on any atom is -0.303 e. The van der Waals surface area contributed by atoms with Crippen LogP contribution in [0.4, 0.5) is 8.78 Å². The van der Waals surface area contributed by atoms with Gasteiger partial charge in [-0.1, -0.05) is 55.5 Å². The molecule has 0 bridgehead atoms. The second-order valence-corrected chi connectivity index (χ2v) is 8.76. The molecular formula is C27H34F2N2. The van der Waals surface area contributed by atoms with E-state index in [1.807, 2.05) is 24.3 Å². The third-order valence-electron chi connectivity index (χ3n) is 6.43. The number of likely N-dealkylation sites (N-methyl/N-ethyl adjacent to an activating group) is 1. The summed E-state index contributed by atoms with van der Waals surface area (Å²) in [5.41, 5.74) is 1.45. The van der Waals surface area contributed by atoms with Crippen LogP contribution in [-0.4, -0.2) is 24.5 Å². The van der Waals surface area contributed by atoms with Gasteiger partial charge in [0.05, 0.1) is 6.07 Å². The van der Waals surface area contributed by atoms with Gasteiger partial charge < -0.3 is 4.90 Å². The molecule has 0 spiro atoms. The molecule has 2 aliphatic rings. The summed E-state index contributed by atoms with van der Waals surface area (Å²) >= 11 is 0. The zero-order valence-corrected chi connectivity index (χ0v) is 18.8. The SMILES string of the molecule is CC#N.CCN(CCCc1c(C2(F)CC2)cccc1C1(F)CC1)CCc1ccccc1. The normalized spacial score (nSPS) is 17.4. The predicted octanol–water partition coefficient (Wildman–Crippen LogP) is 6.63. The van der Waals surface area contributed by atoms with Gasteiger partial charge in [-0.25, -0.2) is 8.78 Å². The zero-order chi connectivity index (χ0) is 22.3. The van der Waals surface area contributed by atoms with Gasteiger partial charge in [0.25, 0.3) is 0 Å². The topological polar surface area (TPSA) is 27.0 Å². The van der Waals surface area contributed by atoms with E-state index < -0.39 is 11.3 Å². The van der Waals surface area contributed by atoms with Crippen molar-refractivity contribution in [3.05, 3.63) is 70.8 Å². The van der Waals surface area contributed by atoms with Crippen LogP contribution in [0.3, 0.4) is 0 Å². The third-order valence-corrected chi connectivity index (χ3v) is 6.43. The Hall–Kier alpha value is -2.25. The number of halogens is 2. The lowest BCUT2D eigenvalue weighted by molar-refractivity contribution is 0.283. The van der Waals surface area contributed by atoms with Crippen LogP contribution in [0.2, 0.25) is 0 Å². The largest absolute Gasteiger partial charge is 0.303 e. The molecule has 0 saturated heterocycles. The quantitative estimate of drug-likeness (QED) is 0.428. The van der Waals surface area contributed by atoms with Gasteiger partial charge in [0.2, 0.25) is 0 Å². The third kappa shape index (κ3) is 6.14. The average molecular weight is 425 g/mol. The van der Waals surface area contributed by atoms with Gasteiger partial charge in [0.1, 0.15) is 11.3 Å². The van der Waals surface area contributed by atoms with E-state index in [1.165, 1.54) is 12.5 Å². The molecule has 4 rings (SSSR count). The summed E-state index contributed by atoms with van der Waals surface area (Å²) in [5, 5.41) is 7.32. The van der Waals surface area contributed by atoms with Gasteiger partial charge >= 0.3 is 0 Å². The first-order valence-corrected chi connectivity index (χ1v) is 11.5. The van der Waals surface area contributed by atoms with Crippen molar-refractivity contribution in [1.29, 1.82) is 5.26 Å². The van der Waals surface area contributed by atoms with Gasteiger partial charge in [-0.05, 0) is 80.3 Å². The molecule has 2 aliphatic carbocycles. The van der Waals surface area contributed by atoms with E-state index in [2.05, 4.69) is 36.1 Å². The summed E-state index contributed by atoms with van der Waals surface area (Å²) in [7, 11) is 0. The molecule has 31 heavy (non-hydrogen) atoms. The molecule has 166 valence electrons. The summed E-state index contributed by atoms with van der Waals surface area (Å²) in [4.78, 5) is 2.44. The van der Waals surface area contributed by atoms with E-state index in [4.69, 9.17) is 5.26 Å². The Balaban J connectivity index is 0.000000858. The minimum atomic E-state index is -1.20. The molecule has 0 radical (unpaired) electrons. The maximum Gasteiger partial charge on any atom is 0.136 e. The van der Waals surface area contributed by atoms with Gasteiger partial charge in [-0.15, -0.1) is 0 Å². The van der Waals surface area contributed by atoms with E-state index in [0.29, 0.717) is 25.7 Å². The van der Waals surface area contributed by atoms with Crippen LogP contribution in [0.1, 0.15) is 68.2 Å². The molecule has 2 aromatic rings. The van der Waals surface area contributed by atoms with Crippen LogP contribution >= 0.6 is 0 Å². The van der Waals surface area contributed by atoms with E-state index in [0.717, 1.165) is 55.6 Å². The monoisotopic (exact) mass is 424 g/mol. The molecule has 0 aromatic heterocycles. The van der Waals surface area contributed by atoms with E-state index in [1.54, 1.807) is 6.07 Å². The van der Waals surface area contributed by atoms with E-state index in [9.17, 15) is 8.78 Å². The summed E-state index contributed by atoms with van der Waals surface area (Å²) in [6.45, 7) is 6.61. The van der Waals surface area contributed by atoms with Crippen molar-refractivity contribution < 1.29 is 8.78 Å². The Morgan fingerprint density at radius 2 is 1.42 bits per heavy atom. The van der Waals surface area contributed by atoms with Crippen molar-refractivity contribution in [2.24, 2.45) is 0 Å². The van der Waals surface area contributed by atoms with E-state index in [-0.39, 0.29) is 0 Å². The second kappa shape index (κ2) is 10.4. The number of rotatable bonds is 10. The molecule has 2 nitrogen and oxygen atoms in total. The number of hydrogen-bond donors (Lipinski definition) is 0. The molecular weight excluding hydrogens is 390 g/mol. The van der Waals surface area contributed by atoms with Gasteiger partial charge in [-0.3, -0.25) is 0 Å². The van der Waals surface area contributed by atoms with Gasteiger partial charge in [0.15, 0.2) is 0 Å². The summed E-state index contributed by atoms with van der Waals surface area (Å²) in [5.74, 6) is 0. The Labute approximate surface area is 185 Å². The van der Waals surface area contributed by atoms with Crippen LogP contribution in [0.5, 0.6) is 0 Å². The van der Waals surface area contributed by atoms with Crippen molar-refractivity contribution in [3.63, 3.8) is 0 Å². The molecule has 2 fully saturated rings. The molecule has 0 amide bonds. The molecule has 0 N–H and O–H groups in total. The number of nitrogens with zero attached hydrogens (tertiary/aromatic N) is 2. The lowest BCUT2D eigenvalue weighted by atomic mass is 9.90. The number of nitriles is 1. The smallest absolute Gasteiger partial charge is 0.136 e. The summed E-state index contributed by atoms with van der Waals surface area (Å²) < 4.78 is 29.8. The Kier molecular flexibility index (Phi) is 7.84. The molecule has 0 unspecified atom stereocenters. The zero-order valence-electron chi connectivity index (χ0n) is 18.8. The fourth-order valence-corrected chi connectivity index (χ4v) is 4.29. The fourth-order valence-electron chi connectivity index (χ4n) is 4.29. The number of benzene rings is 2. The lowest BCUT2D eigenvalue weighted by Crippen LogP contribution is -2.27. The molecule has 2 saturated carbocycles. The lowest BCUT2D eigenvalue weighted by Gasteiger charge is -2.23. The van der Waals surface area contributed by atoms with Crippen LogP contribution < -0.4 is 0 Å². The van der Waals surface area contributed by atoms with Crippen molar-refractivity contribution >= 4 is 0 Å². The molecule has 0 aliphatic heterocycles. The summed E-state index contributed by atoms with van der Waals surface area (Å²) in [6, 6.07) is 17.9. The van der Waals surface area contributed by atoms with Crippen molar-refractivity contribution in [1.82, 2.24) is 4.90 Å². The minimum absolute atomic E-state index is 0.584. The van der Waals surface area contributed by atoms with Crippen molar-refractivity contribution in [2.75, 3.05) is 19.6 Å². The maximum absolute atomic E-state index is 14.9. The highest BCUT2D eigenvalue weighted by molar-refractivity contribution is 5.46. The first kappa shape index (κ1) is 23.4. The highest BCUT2D eigenvalue weighted by Gasteiger charge is 2.50. The average Bonchev–Trinajstić information content (AvgIpc) is 3.71. The maximum atomic E-state index is 14.9. The number of alkyl halides is 2. The molecule has 4 heteroatoms. The van der Waals surface area contributed by atoms with Crippen molar-refractivity contribution in [2.45, 2.75) is 70.1 Å². The summed E-state index contributed by atoms with van der Waals surface area (Å²) in [6.07, 6.45) is 5.09. The predicted molar refractivity (Wildman–Crippen MR) is 122 cm³/mol. The highest BCUT2D eigenvalue weighted by atomic mass is 19.1. The van der Waals surface area contributed by atoms with Crippen LogP contribution in [-0.2, 0) is 24.2 Å². The standard InChI is InChI=1S/C25H31F2N.C2H3N/c1-2-28(19-13-20-8-4-3-5-9-20)18-7-10-21-22(24(26)14-15-24)11-6-12-23(21)25(27)16-17-25;1-2-3/h3-6,8-9,11-12H,2,7,10,13-19H2,1H3;1H3. The van der Waals surface area contributed by atoms with Crippen LogP contribution in [0.25, 0.3) is 0 Å². The van der Waals surface area contributed by atoms with Crippen molar-refractivity contribution in [3.8, 4) is 6.07 Å².